The Morgan fingerprint density at radius 2 is 2.31 bits per heavy atom. The van der Waals surface area contributed by atoms with Crippen LogP contribution < -0.4 is 5.32 Å². The van der Waals surface area contributed by atoms with E-state index in [4.69, 9.17) is 0 Å². The fraction of sp³-hybridized carbons (Fsp3) is 0.917. The smallest absolute Gasteiger partial charge is 0.236 e. The summed E-state index contributed by atoms with van der Waals surface area (Å²) >= 11 is 0. The predicted octanol–water partition coefficient (Wildman–Crippen LogP) is 0.149. The van der Waals surface area contributed by atoms with Gasteiger partial charge in [0.15, 0.2) is 0 Å². The number of hydrogen-bond donors (Lipinski definition) is 1. The number of piperidine rings is 1. The zero-order valence-electron chi connectivity index (χ0n) is 10.4. The summed E-state index contributed by atoms with van der Waals surface area (Å²) in [6.45, 7) is 6.72. The quantitative estimate of drug-likeness (QED) is 0.742. The number of carbonyl (C=O) groups is 1. The van der Waals surface area contributed by atoms with Crippen LogP contribution in [0.5, 0.6) is 0 Å². The number of hydrogen-bond acceptors (Lipinski definition) is 3. The molecule has 1 N–H and O–H groups in total. The molecule has 2 atom stereocenters. The van der Waals surface area contributed by atoms with Crippen LogP contribution in [0.25, 0.3) is 0 Å². The summed E-state index contributed by atoms with van der Waals surface area (Å²) < 4.78 is 0. The summed E-state index contributed by atoms with van der Waals surface area (Å²) in [7, 11) is 1.89. The van der Waals surface area contributed by atoms with Gasteiger partial charge in [0.05, 0.1) is 6.54 Å². The first kappa shape index (κ1) is 11.9. The van der Waals surface area contributed by atoms with E-state index in [1.165, 1.54) is 12.8 Å². The van der Waals surface area contributed by atoms with Crippen molar-refractivity contribution >= 4 is 5.91 Å². The fourth-order valence-corrected chi connectivity index (χ4v) is 2.83. The van der Waals surface area contributed by atoms with E-state index in [1.54, 1.807) is 0 Å². The lowest BCUT2D eigenvalue weighted by Crippen LogP contribution is -2.49. The largest absolute Gasteiger partial charge is 0.345 e. The summed E-state index contributed by atoms with van der Waals surface area (Å²) in [5, 5.41) is 3.44. The van der Waals surface area contributed by atoms with Crippen LogP contribution in [0.15, 0.2) is 0 Å². The molecule has 4 nitrogen and oxygen atoms in total. The van der Waals surface area contributed by atoms with E-state index in [-0.39, 0.29) is 5.91 Å². The molecule has 0 saturated carbocycles. The van der Waals surface area contributed by atoms with Gasteiger partial charge in [-0.05, 0) is 38.8 Å². The number of carbonyl (C=O) groups excluding carboxylic acids is 1. The van der Waals surface area contributed by atoms with E-state index >= 15 is 0 Å². The Morgan fingerprint density at radius 1 is 1.50 bits per heavy atom. The Labute approximate surface area is 98.0 Å². The maximum absolute atomic E-state index is 11.9. The van der Waals surface area contributed by atoms with Gasteiger partial charge >= 0.3 is 0 Å². The van der Waals surface area contributed by atoms with Gasteiger partial charge in [0.2, 0.25) is 5.91 Å². The number of nitrogens with one attached hydrogen (secondary N) is 1. The first-order valence-electron chi connectivity index (χ1n) is 6.41. The molecule has 2 saturated heterocycles. The molecule has 0 radical (unpaired) electrons. The van der Waals surface area contributed by atoms with Gasteiger partial charge in [-0.2, -0.15) is 0 Å². The number of likely N-dealkylation sites (tertiary alicyclic amines) is 1. The summed E-state index contributed by atoms with van der Waals surface area (Å²) in [5.74, 6) is 1.03. The molecule has 0 bridgehead atoms. The molecular formula is C12H23N3O. The second-order valence-electron chi connectivity index (χ2n) is 5.01. The minimum atomic E-state index is 0.259. The van der Waals surface area contributed by atoms with Crippen molar-refractivity contribution in [3.8, 4) is 0 Å². The molecule has 0 aromatic carbocycles. The topological polar surface area (TPSA) is 35.6 Å². The zero-order chi connectivity index (χ0) is 11.5. The van der Waals surface area contributed by atoms with Crippen LogP contribution >= 0.6 is 0 Å². The molecular weight excluding hydrogens is 202 g/mol. The molecule has 16 heavy (non-hydrogen) atoms. The highest BCUT2D eigenvalue weighted by atomic mass is 16.2. The van der Waals surface area contributed by atoms with Crippen molar-refractivity contribution in [2.24, 2.45) is 5.92 Å². The van der Waals surface area contributed by atoms with Gasteiger partial charge in [-0.3, -0.25) is 9.69 Å². The van der Waals surface area contributed by atoms with E-state index in [1.807, 2.05) is 18.9 Å². The molecule has 2 fully saturated rings. The van der Waals surface area contributed by atoms with Crippen molar-refractivity contribution in [1.29, 1.82) is 0 Å². The number of fused-ring (bicyclic) bond motifs is 1. The van der Waals surface area contributed by atoms with Crippen LogP contribution in [-0.4, -0.2) is 61.5 Å². The number of likely N-dealkylation sites (N-methyl/N-ethyl adjacent to an activating group) is 1. The Morgan fingerprint density at radius 3 is 3.06 bits per heavy atom. The summed E-state index contributed by atoms with van der Waals surface area (Å²) in [4.78, 5) is 16.1. The van der Waals surface area contributed by atoms with Gasteiger partial charge in [-0.25, -0.2) is 0 Å². The lowest BCUT2D eigenvalue weighted by Gasteiger charge is -2.37. The van der Waals surface area contributed by atoms with Gasteiger partial charge in [0, 0.05) is 26.2 Å². The molecule has 92 valence electrons. The van der Waals surface area contributed by atoms with Crippen molar-refractivity contribution < 1.29 is 4.79 Å². The van der Waals surface area contributed by atoms with Crippen LogP contribution in [0.3, 0.4) is 0 Å². The summed E-state index contributed by atoms with van der Waals surface area (Å²) in [6.07, 6.45) is 2.57. The van der Waals surface area contributed by atoms with E-state index in [2.05, 4.69) is 10.2 Å². The average molecular weight is 225 g/mol. The maximum Gasteiger partial charge on any atom is 0.236 e. The van der Waals surface area contributed by atoms with Gasteiger partial charge in [-0.1, -0.05) is 0 Å². The molecule has 0 aromatic rings. The molecule has 1 amide bonds. The Kier molecular flexibility index (Phi) is 3.82. The molecule has 0 aliphatic carbocycles. The molecule has 0 aromatic heterocycles. The third-order valence-corrected chi connectivity index (χ3v) is 4.03. The van der Waals surface area contributed by atoms with Crippen LogP contribution in [0.1, 0.15) is 19.8 Å². The Hall–Kier alpha value is -0.610. The third-order valence-electron chi connectivity index (χ3n) is 4.03. The minimum Gasteiger partial charge on any atom is -0.345 e. The highest BCUT2D eigenvalue weighted by molar-refractivity contribution is 5.78. The maximum atomic E-state index is 11.9. The van der Waals surface area contributed by atoms with Crippen molar-refractivity contribution in [1.82, 2.24) is 15.1 Å². The molecule has 2 aliphatic heterocycles. The molecule has 4 heteroatoms. The summed E-state index contributed by atoms with van der Waals surface area (Å²) in [6, 6.07) is 0.600. The Bertz CT molecular complexity index is 257. The second-order valence-corrected chi connectivity index (χ2v) is 5.01. The molecule has 2 aliphatic rings. The van der Waals surface area contributed by atoms with Crippen molar-refractivity contribution in [3.63, 3.8) is 0 Å². The molecule has 2 heterocycles. The first-order chi connectivity index (χ1) is 7.72. The van der Waals surface area contributed by atoms with Crippen LogP contribution in [0.4, 0.5) is 0 Å². The van der Waals surface area contributed by atoms with Crippen molar-refractivity contribution in [2.75, 3.05) is 39.8 Å². The molecule has 2 unspecified atom stereocenters. The molecule has 0 spiro atoms. The molecule has 2 rings (SSSR count). The fourth-order valence-electron chi connectivity index (χ4n) is 2.83. The van der Waals surface area contributed by atoms with Crippen LogP contribution in [0, 0.1) is 5.92 Å². The zero-order valence-corrected chi connectivity index (χ0v) is 10.4. The normalized spacial score (nSPS) is 30.1. The first-order valence-corrected chi connectivity index (χ1v) is 6.41. The minimum absolute atomic E-state index is 0.259. The van der Waals surface area contributed by atoms with Gasteiger partial charge in [0.1, 0.15) is 0 Å². The van der Waals surface area contributed by atoms with Crippen molar-refractivity contribution in [3.05, 3.63) is 0 Å². The number of amides is 1. The van der Waals surface area contributed by atoms with E-state index in [0.29, 0.717) is 12.6 Å². The van der Waals surface area contributed by atoms with E-state index in [9.17, 15) is 4.79 Å². The third kappa shape index (κ3) is 2.38. The lowest BCUT2D eigenvalue weighted by molar-refractivity contribution is -0.132. The van der Waals surface area contributed by atoms with Gasteiger partial charge < -0.3 is 10.2 Å². The lowest BCUT2D eigenvalue weighted by atomic mass is 9.92. The van der Waals surface area contributed by atoms with Crippen LogP contribution in [0.2, 0.25) is 0 Å². The Balaban J connectivity index is 1.91. The highest BCUT2D eigenvalue weighted by Crippen LogP contribution is 2.26. The number of rotatable bonds is 3. The average Bonchev–Trinajstić information content (AvgIpc) is 2.77. The predicted molar refractivity (Wildman–Crippen MR) is 64.3 cm³/mol. The number of nitrogens with zero attached hydrogens (tertiary/aromatic N) is 2. The monoisotopic (exact) mass is 225 g/mol. The second kappa shape index (κ2) is 5.15. The van der Waals surface area contributed by atoms with E-state index < -0.39 is 0 Å². The van der Waals surface area contributed by atoms with Crippen molar-refractivity contribution in [2.45, 2.75) is 25.8 Å². The van der Waals surface area contributed by atoms with Gasteiger partial charge in [-0.15, -0.1) is 0 Å². The SMILES string of the molecule is CCN(C)C(=O)CN1CCCC2CNCC21. The van der Waals surface area contributed by atoms with Crippen LogP contribution in [-0.2, 0) is 4.79 Å². The summed E-state index contributed by atoms with van der Waals surface area (Å²) in [5.41, 5.74) is 0. The highest BCUT2D eigenvalue weighted by Gasteiger charge is 2.35. The standard InChI is InChI=1S/C12H23N3O/c1-3-14(2)12(16)9-15-6-4-5-10-7-13-8-11(10)15/h10-11,13H,3-9H2,1-2H3. The van der Waals surface area contributed by atoms with E-state index in [0.717, 1.165) is 32.1 Å². The van der Waals surface area contributed by atoms with Gasteiger partial charge in [0.25, 0.3) is 0 Å².